The van der Waals surface area contributed by atoms with Crippen LogP contribution in [0.2, 0.25) is 0 Å². The smallest absolute Gasteiger partial charge is 0.262 e. The van der Waals surface area contributed by atoms with Crippen LogP contribution in [-0.2, 0) is 16.6 Å². The average molecular weight is 300 g/mol. The van der Waals surface area contributed by atoms with Crippen LogP contribution >= 0.6 is 0 Å². The Bertz CT molecular complexity index is 565. The van der Waals surface area contributed by atoms with Gasteiger partial charge in [-0.1, -0.05) is 6.92 Å². The van der Waals surface area contributed by atoms with Crippen LogP contribution in [0.3, 0.4) is 0 Å². The molecule has 20 heavy (non-hydrogen) atoms. The van der Waals surface area contributed by atoms with Crippen molar-refractivity contribution in [1.82, 2.24) is 13.9 Å². The lowest BCUT2D eigenvalue weighted by molar-refractivity contribution is 0.427. The monoisotopic (exact) mass is 300 g/mol. The second-order valence-electron chi connectivity index (χ2n) is 5.59. The van der Waals surface area contributed by atoms with Crippen molar-refractivity contribution in [2.45, 2.75) is 51.2 Å². The van der Waals surface area contributed by atoms with Gasteiger partial charge in [0.2, 0.25) is 0 Å². The number of aromatic nitrogens is 2. The lowest BCUT2D eigenvalue weighted by atomic mass is 10.0. The zero-order valence-corrected chi connectivity index (χ0v) is 13.2. The zero-order valence-electron chi connectivity index (χ0n) is 12.4. The van der Waals surface area contributed by atoms with Gasteiger partial charge in [-0.25, -0.2) is 13.4 Å². The summed E-state index contributed by atoms with van der Waals surface area (Å²) < 4.78 is 28.6. The average Bonchev–Trinajstić information content (AvgIpc) is 2.98. The normalized spacial score (nSPS) is 22.3. The van der Waals surface area contributed by atoms with Crippen LogP contribution < -0.4 is 5.73 Å². The first-order valence-electron chi connectivity index (χ1n) is 7.15. The second-order valence-corrected chi connectivity index (χ2v) is 7.48. The molecule has 0 radical (unpaired) electrons. The highest BCUT2D eigenvalue weighted by molar-refractivity contribution is 7.89. The fraction of sp³-hybridized carbons (Fsp3) is 0.769. The first kappa shape index (κ1) is 15.5. The highest BCUT2D eigenvalue weighted by atomic mass is 32.2. The summed E-state index contributed by atoms with van der Waals surface area (Å²) in [6.45, 7) is 7.65. The lowest BCUT2D eigenvalue weighted by Gasteiger charge is -2.16. The molecule has 1 fully saturated rings. The Morgan fingerprint density at radius 3 is 2.80 bits per heavy atom. The van der Waals surface area contributed by atoms with Crippen LogP contribution in [0.25, 0.3) is 0 Å². The van der Waals surface area contributed by atoms with Gasteiger partial charge in [0.25, 0.3) is 10.0 Å². The van der Waals surface area contributed by atoms with Crippen LogP contribution in [-0.4, -0.2) is 41.4 Å². The van der Waals surface area contributed by atoms with E-state index in [0.717, 1.165) is 25.2 Å². The minimum Gasteiger partial charge on any atom is -0.334 e. The molecule has 1 aromatic heterocycles. The third-order valence-corrected chi connectivity index (χ3v) is 5.69. The molecule has 6 nitrogen and oxygen atoms in total. The summed E-state index contributed by atoms with van der Waals surface area (Å²) in [6.07, 6.45) is 3.42. The Labute approximate surface area is 121 Å². The molecule has 0 spiro atoms. The molecule has 2 rings (SSSR count). The van der Waals surface area contributed by atoms with E-state index in [1.807, 2.05) is 18.4 Å². The number of hydrogen-bond acceptors (Lipinski definition) is 4. The van der Waals surface area contributed by atoms with E-state index >= 15 is 0 Å². The molecular formula is C13H24N4O2S. The molecule has 1 saturated heterocycles. The first-order chi connectivity index (χ1) is 9.36. The first-order valence-corrected chi connectivity index (χ1v) is 8.59. The number of nitrogens with zero attached hydrogens (tertiary/aromatic N) is 3. The largest absolute Gasteiger partial charge is 0.334 e. The van der Waals surface area contributed by atoms with Crippen LogP contribution in [0.5, 0.6) is 0 Å². The molecule has 2 heterocycles. The number of aryl methyl sites for hydroxylation is 2. The minimum absolute atomic E-state index is 0.0228. The Hall–Kier alpha value is -0.920. The molecule has 2 unspecified atom stereocenters. The van der Waals surface area contributed by atoms with Crippen LogP contribution in [0.4, 0.5) is 0 Å². The molecule has 0 amide bonds. The van der Waals surface area contributed by atoms with Gasteiger partial charge >= 0.3 is 0 Å². The van der Waals surface area contributed by atoms with Crippen molar-refractivity contribution < 1.29 is 8.42 Å². The van der Waals surface area contributed by atoms with Gasteiger partial charge in [-0.2, -0.15) is 4.31 Å². The topological polar surface area (TPSA) is 81.2 Å². The second kappa shape index (κ2) is 5.83. The summed E-state index contributed by atoms with van der Waals surface area (Å²) in [6, 6.07) is 0.0228. The summed E-state index contributed by atoms with van der Waals surface area (Å²) in [7, 11) is -3.48. The Morgan fingerprint density at radius 1 is 1.55 bits per heavy atom. The van der Waals surface area contributed by atoms with Gasteiger partial charge < -0.3 is 10.3 Å². The van der Waals surface area contributed by atoms with Gasteiger partial charge in [-0.05, 0) is 32.6 Å². The van der Waals surface area contributed by atoms with E-state index < -0.39 is 10.0 Å². The van der Waals surface area contributed by atoms with Gasteiger partial charge in [0.15, 0.2) is 5.03 Å². The van der Waals surface area contributed by atoms with E-state index in [-0.39, 0.29) is 17.0 Å². The third kappa shape index (κ3) is 2.89. The van der Waals surface area contributed by atoms with E-state index in [1.54, 1.807) is 6.20 Å². The third-order valence-electron chi connectivity index (χ3n) is 3.95. The van der Waals surface area contributed by atoms with Crippen LogP contribution in [0.15, 0.2) is 11.2 Å². The highest BCUT2D eigenvalue weighted by Gasteiger charge is 2.35. The van der Waals surface area contributed by atoms with Gasteiger partial charge in [0.1, 0.15) is 5.82 Å². The Morgan fingerprint density at radius 2 is 2.25 bits per heavy atom. The van der Waals surface area contributed by atoms with E-state index in [2.05, 4.69) is 11.9 Å². The predicted molar refractivity (Wildman–Crippen MR) is 77.8 cm³/mol. The van der Waals surface area contributed by atoms with E-state index in [4.69, 9.17) is 5.73 Å². The van der Waals surface area contributed by atoms with E-state index in [9.17, 15) is 8.42 Å². The number of sulfonamides is 1. The molecule has 7 heteroatoms. The summed E-state index contributed by atoms with van der Waals surface area (Å²) in [5.74, 6) is 0.983. The highest BCUT2D eigenvalue weighted by Crippen LogP contribution is 2.25. The Balaban J connectivity index is 2.21. The lowest BCUT2D eigenvalue weighted by Crippen LogP contribution is -2.33. The van der Waals surface area contributed by atoms with Crippen LogP contribution in [0.1, 0.15) is 32.5 Å². The predicted octanol–water partition coefficient (Wildman–Crippen LogP) is 0.959. The SMILES string of the molecule is CCCn1cc(S(=O)(=O)N2CCC(C(C)N)C2)nc1C. The molecule has 2 atom stereocenters. The number of nitrogens with two attached hydrogens (primary N) is 1. The van der Waals surface area contributed by atoms with Crippen molar-refractivity contribution >= 4 is 10.0 Å². The standard InChI is InChI=1S/C13H24N4O2S/c1-4-6-16-9-13(15-11(16)3)20(18,19)17-7-5-12(8-17)10(2)14/h9-10,12H,4-8,14H2,1-3H3. The summed E-state index contributed by atoms with van der Waals surface area (Å²) >= 11 is 0. The molecule has 1 aliphatic heterocycles. The van der Waals surface area contributed by atoms with Gasteiger partial charge in [-0.3, -0.25) is 0 Å². The summed E-state index contributed by atoms with van der Waals surface area (Å²) in [5.41, 5.74) is 5.87. The molecule has 1 aliphatic rings. The molecule has 0 bridgehead atoms. The van der Waals surface area contributed by atoms with E-state index in [1.165, 1.54) is 4.31 Å². The molecular weight excluding hydrogens is 276 g/mol. The number of imidazole rings is 1. The van der Waals surface area contributed by atoms with E-state index in [0.29, 0.717) is 13.1 Å². The summed E-state index contributed by atoms with van der Waals surface area (Å²) in [5, 5.41) is 0.161. The van der Waals surface area contributed by atoms with Crippen molar-refractivity contribution in [1.29, 1.82) is 0 Å². The maximum Gasteiger partial charge on any atom is 0.262 e. The van der Waals surface area contributed by atoms with Crippen molar-refractivity contribution in [2.75, 3.05) is 13.1 Å². The fourth-order valence-corrected chi connectivity index (χ4v) is 4.11. The van der Waals surface area contributed by atoms with Crippen molar-refractivity contribution in [2.24, 2.45) is 11.7 Å². The van der Waals surface area contributed by atoms with Gasteiger partial charge in [-0.15, -0.1) is 0 Å². The minimum atomic E-state index is -3.48. The molecule has 0 aromatic carbocycles. The van der Waals surface area contributed by atoms with Crippen molar-refractivity contribution in [3.63, 3.8) is 0 Å². The molecule has 0 saturated carbocycles. The van der Waals surface area contributed by atoms with Gasteiger partial charge in [0, 0.05) is 31.9 Å². The summed E-state index contributed by atoms with van der Waals surface area (Å²) in [4.78, 5) is 4.22. The fourth-order valence-electron chi connectivity index (χ4n) is 2.60. The number of hydrogen-bond donors (Lipinski definition) is 1. The maximum absolute atomic E-state index is 12.6. The molecule has 114 valence electrons. The molecule has 1 aromatic rings. The van der Waals surface area contributed by atoms with Crippen molar-refractivity contribution in [3.05, 3.63) is 12.0 Å². The Kier molecular flexibility index (Phi) is 4.51. The quantitative estimate of drug-likeness (QED) is 0.878. The van der Waals surface area contributed by atoms with Gasteiger partial charge in [0.05, 0.1) is 0 Å². The van der Waals surface area contributed by atoms with Crippen molar-refractivity contribution in [3.8, 4) is 0 Å². The number of rotatable bonds is 5. The molecule has 2 N–H and O–H groups in total. The maximum atomic E-state index is 12.6. The van der Waals surface area contributed by atoms with Crippen LogP contribution in [0, 0.1) is 12.8 Å². The molecule has 0 aliphatic carbocycles. The zero-order chi connectivity index (χ0) is 14.9.